The number of anilines is 1. The normalized spacial score (nSPS) is 11.9. The monoisotopic (exact) mass is 281 g/mol. The molecule has 1 rings (SSSR count). The van der Waals surface area contributed by atoms with Crippen molar-refractivity contribution >= 4 is 29.3 Å². The molecule has 0 aliphatic carbocycles. The van der Waals surface area contributed by atoms with Crippen LogP contribution in [0.4, 0.5) is 5.69 Å². The Kier molecular flexibility index (Phi) is 6.42. The summed E-state index contributed by atoms with van der Waals surface area (Å²) < 4.78 is 0. The van der Waals surface area contributed by atoms with Crippen molar-refractivity contribution in [2.75, 3.05) is 11.1 Å². The number of carbonyl (C=O) groups excluding carboxylic acids is 1. The van der Waals surface area contributed by atoms with Crippen LogP contribution in [0, 0.1) is 0 Å². The maximum Gasteiger partial charge on any atom is 0.335 e. The van der Waals surface area contributed by atoms with Crippen LogP contribution < -0.4 is 5.32 Å². The van der Waals surface area contributed by atoms with E-state index in [-0.39, 0.29) is 16.7 Å². The molecule has 0 saturated carbocycles. The summed E-state index contributed by atoms with van der Waals surface area (Å²) in [5, 5.41) is 11.5. The zero-order chi connectivity index (χ0) is 14.3. The van der Waals surface area contributed by atoms with Crippen LogP contribution in [0.2, 0.25) is 0 Å². The predicted octanol–water partition coefficient (Wildman–Crippen LogP) is 3.25. The van der Waals surface area contributed by atoms with Crippen LogP contribution in [-0.4, -0.2) is 28.0 Å². The van der Waals surface area contributed by atoms with Gasteiger partial charge in [-0.2, -0.15) is 0 Å². The molecule has 0 heterocycles. The van der Waals surface area contributed by atoms with E-state index in [1.165, 1.54) is 12.1 Å². The summed E-state index contributed by atoms with van der Waals surface area (Å²) in [4.78, 5) is 22.6. The molecular formula is C14H19NO3S. The van der Waals surface area contributed by atoms with Gasteiger partial charge in [0.15, 0.2) is 0 Å². The summed E-state index contributed by atoms with van der Waals surface area (Å²) in [6.07, 6.45) is 2.23. The third-order valence-corrected chi connectivity index (χ3v) is 3.87. The van der Waals surface area contributed by atoms with E-state index in [0.717, 1.165) is 18.6 Å². The van der Waals surface area contributed by atoms with Gasteiger partial charge in [-0.25, -0.2) is 4.79 Å². The summed E-state index contributed by atoms with van der Waals surface area (Å²) in [6.45, 7) is 4.00. The minimum atomic E-state index is -0.971. The zero-order valence-electron chi connectivity index (χ0n) is 11.2. The quantitative estimate of drug-likeness (QED) is 0.753. The lowest BCUT2D eigenvalue weighted by atomic mass is 10.2. The first-order valence-electron chi connectivity index (χ1n) is 6.30. The minimum Gasteiger partial charge on any atom is -0.478 e. The molecule has 0 radical (unpaired) electrons. The summed E-state index contributed by atoms with van der Waals surface area (Å²) in [5.41, 5.74) is 0.835. The molecule has 2 N–H and O–H groups in total. The molecule has 4 nitrogen and oxygen atoms in total. The average Bonchev–Trinajstić information content (AvgIpc) is 2.39. The molecule has 0 spiro atoms. The summed E-state index contributed by atoms with van der Waals surface area (Å²) in [7, 11) is 0. The van der Waals surface area contributed by atoms with Crippen molar-refractivity contribution in [3.63, 3.8) is 0 Å². The molecule has 1 amide bonds. The van der Waals surface area contributed by atoms with Crippen molar-refractivity contribution in [2.24, 2.45) is 0 Å². The van der Waals surface area contributed by atoms with E-state index < -0.39 is 5.97 Å². The van der Waals surface area contributed by atoms with Crippen molar-refractivity contribution in [3.8, 4) is 0 Å². The summed E-state index contributed by atoms with van der Waals surface area (Å²) >= 11 is 1.63. The van der Waals surface area contributed by atoms with Crippen molar-refractivity contribution in [1.29, 1.82) is 0 Å². The number of aromatic carboxylic acids is 1. The molecule has 0 fully saturated rings. The third-order valence-electron chi connectivity index (χ3n) is 2.63. The Hall–Kier alpha value is -1.49. The van der Waals surface area contributed by atoms with Gasteiger partial charge in [0.2, 0.25) is 5.91 Å². The lowest BCUT2D eigenvalue weighted by Gasteiger charge is -2.11. The SMILES string of the molecule is CCCCSC(C)C(=O)Nc1ccc(C(=O)O)cc1. The number of carboxylic acids is 1. The van der Waals surface area contributed by atoms with Gasteiger partial charge in [0.25, 0.3) is 0 Å². The van der Waals surface area contributed by atoms with Crippen molar-refractivity contribution in [3.05, 3.63) is 29.8 Å². The van der Waals surface area contributed by atoms with Crippen LogP contribution in [0.25, 0.3) is 0 Å². The standard InChI is InChI=1S/C14H19NO3S/c1-3-4-9-19-10(2)13(16)15-12-7-5-11(6-8-12)14(17)18/h5-8,10H,3-4,9H2,1-2H3,(H,15,16)(H,17,18). The van der Waals surface area contributed by atoms with Gasteiger partial charge < -0.3 is 10.4 Å². The highest BCUT2D eigenvalue weighted by Gasteiger charge is 2.13. The molecule has 0 aliphatic heterocycles. The number of hydrogen-bond donors (Lipinski definition) is 2. The topological polar surface area (TPSA) is 66.4 Å². The number of unbranched alkanes of at least 4 members (excludes halogenated alkanes) is 1. The zero-order valence-corrected chi connectivity index (χ0v) is 12.0. The predicted molar refractivity (Wildman–Crippen MR) is 78.9 cm³/mol. The Morgan fingerprint density at radius 3 is 2.47 bits per heavy atom. The van der Waals surface area contributed by atoms with E-state index in [0.29, 0.717) is 5.69 Å². The van der Waals surface area contributed by atoms with Crippen LogP contribution in [0.15, 0.2) is 24.3 Å². The second-order valence-electron chi connectivity index (χ2n) is 4.24. The number of benzene rings is 1. The highest BCUT2D eigenvalue weighted by atomic mass is 32.2. The van der Waals surface area contributed by atoms with Gasteiger partial charge in [-0.1, -0.05) is 13.3 Å². The van der Waals surface area contributed by atoms with E-state index >= 15 is 0 Å². The smallest absolute Gasteiger partial charge is 0.335 e. The number of thioether (sulfide) groups is 1. The largest absolute Gasteiger partial charge is 0.478 e. The van der Waals surface area contributed by atoms with Gasteiger partial charge in [0.1, 0.15) is 0 Å². The second kappa shape index (κ2) is 7.84. The first-order valence-corrected chi connectivity index (χ1v) is 7.35. The Balaban J connectivity index is 2.49. The Morgan fingerprint density at radius 2 is 1.95 bits per heavy atom. The maximum absolute atomic E-state index is 11.9. The van der Waals surface area contributed by atoms with Crippen molar-refractivity contribution in [1.82, 2.24) is 0 Å². The molecule has 0 bridgehead atoms. The van der Waals surface area contributed by atoms with Gasteiger partial charge in [-0.3, -0.25) is 4.79 Å². The molecule has 5 heteroatoms. The fraction of sp³-hybridized carbons (Fsp3) is 0.429. The fourth-order valence-corrected chi connectivity index (χ4v) is 2.44. The summed E-state index contributed by atoms with van der Waals surface area (Å²) in [6, 6.07) is 6.16. The molecule has 0 aromatic heterocycles. The number of carboxylic acid groups (broad SMARTS) is 1. The number of carbonyl (C=O) groups is 2. The summed E-state index contributed by atoms with van der Waals surface area (Å²) in [5.74, 6) is -0.0474. The van der Waals surface area contributed by atoms with E-state index in [2.05, 4.69) is 12.2 Å². The van der Waals surface area contributed by atoms with Crippen LogP contribution in [-0.2, 0) is 4.79 Å². The molecule has 0 aliphatic rings. The lowest BCUT2D eigenvalue weighted by molar-refractivity contribution is -0.115. The first-order chi connectivity index (χ1) is 9.04. The van der Waals surface area contributed by atoms with Gasteiger partial charge in [-0.05, 0) is 43.4 Å². The molecule has 1 aromatic rings. The lowest BCUT2D eigenvalue weighted by Crippen LogP contribution is -2.22. The molecule has 19 heavy (non-hydrogen) atoms. The van der Waals surface area contributed by atoms with E-state index in [9.17, 15) is 9.59 Å². The highest BCUT2D eigenvalue weighted by Crippen LogP contribution is 2.16. The van der Waals surface area contributed by atoms with Crippen molar-refractivity contribution in [2.45, 2.75) is 31.9 Å². The number of rotatable bonds is 7. The number of amides is 1. The van der Waals surface area contributed by atoms with Gasteiger partial charge in [0, 0.05) is 5.69 Å². The van der Waals surface area contributed by atoms with Crippen LogP contribution in [0.3, 0.4) is 0 Å². The molecule has 1 atom stereocenters. The average molecular weight is 281 g/mol. The highest BCUT2D eigenvalue weighted by molar-refractivity contribution is 8.00. The minimum absolute atomic E-state index is 0.0517. The number of hydrogen-bond acceptors (Lipinski definition) is 3. The van der Waals surface area contributed by atoms with Gasteiger partial charge >= 0.3 is 5.97 Å². The molecule has 0 saturated heterocycles. The third kappa shape index (κ3) is 5.34. The van der Waals surface area contributed by atoms with E-state index in [1.54, 1.807) is 23.9 Å². The van der Waals surface area contributed by atoms with Gasteiger partial charge in [-0.15, -0.1) is 11.8 Å². The molecule has 1 aromatic carbocycles. The van der Waals surface area contributed by atoms with Gasteiger partial charge in [0.05, 0.1) is 10.8 Å². The van der Waals surface area contributed by atoms with Crippen molar-refractivity contribution < 1.29 is 14.7 Å². The Morgan fingerprint density at radius 1 is 1.32 bits per heavy atom. The molecule has 1 unspecified atom stereocenters. The molecule has 104 valence electrons. The Labute approximate surface area is 117 Å². The van der Waals surface area contributed by atoms with Crippen LogP contribution in [0.5, 0.6) is 0 Å². The maximum atomic E-state index is 11.9. The van der Waals surface area contributed by atoms with E-state index in [4.69, 9.17) is 5.11 Å². The van der Waals surface area contributed by atoms with E-state index in [1.807, 2.05) is 6.92 Å². The second-order valence-corrected chi connectivity index (χ2v) is 5.69. The molecular weight excluding hydrogens is 262 g/mol. The first kappa shape index (κ1) is 15.6. The fourth-order valence-electron chi connectivity index (χ4n) is 1.42. The Bertz CT molecular complexity index is 431. The van der Waals surface area contributed by atoms with Crippen LogP contribution >= 0.6 is 11.8 Å². The number of nitrogens with one attached hydrogen (secondary N) is 1. The van der Waals surface area contributed by atoms with Crippen LogP contribution in [0.1, 0.15) is 37.0 Å².